The Morgan fingerprint density at radius 2 is 1.46 bits per heavy atom. The molecule has 0 aliphatic rings. The Balaban J connectivity index is 1.53. The quantitative estimate of drug-likeness (QED) is 0.175. The molecule has 0 saturated carbocycles. The van der Waals surface area contributed by atoms with Crippen molar-refractivity contribution in [2.45, 2.75) is 23.4 Å². The number of nitrogens with one attached hydrogen (secondary N) is 2. The minimum Gasteiger partial charge on any atom is -0.327 e. The van der Waals surface area contributed by atoms with Gasteiger partial charge >= 0.3 is 6.03 Å². The lowest BCUT2D eigenvalue weighted by Gasteiger charge is -2.21. The highest BCUT2D eigenvalue weighted by Gasteiger charge is 2.26. The number of benzene rings is 4. The first-order chi connectivity index (χ1) is 19.1. The summed E-state index contributed by atoms with van der Waals surface area (Å²) < 4.78 is 1.91. The van der Waals surface area contributed by atoms with Gasteiger partial charge in [0.1, 0.15) is 0 Å². The van der Waals surface area contributed by atoms with Crippen molar-refractivity contribution in [3.05, 3.63) is 136 Å². The molecular formula is C30H25Cl2N5OS. The average molecular weight is 575 g/mol. The number of thioether (sulfide) groups is 1. The molecule has 0 aliphatic heterocycles. The number of anilines is 1. The van der Waals surface area contributed by atoms with E-state index in [0.717, 1.165) is 11.1 Å². The normalized spacial score (nSPS) is 11.6. The summed E-state index contributed by atoms with van der Waals surface area (Å²) in [6.45, 7) is 0. The van der Waals surface area contributed by atoms with E-state index in [1.54, 1.807) is 23.9 Å². The molecule has 5 rings (SSSR count). The molecule has 1 atom stereocenters. The number of aromatic nitrogens is 3. The molecule has 5 aromatic rings. The van der Waals surface area contributed by atoms with Gasteiger partial charge in [-0.15, -0.1) is 10.2 Å². The molecule has 0 saturated heterocycles. The molecule has 1 heterocycles. The van der Waals surface area contributed by atoms with Gasteiger partial charge in [0, 0.05) is 22.9 Å². The molecule has 0 bridgehead atoms. The predicted molar refractivity (Wildman–Crippen MR) is 159 cm³/mol. The number of rotatable bonds is 9. The number of para-hydroxylation sites is 1. The molecule has 9 heteroatoms. The molecule has 1 unspecified atom stereocenters. The second kappa shape index (κ2) is 12.8. The van der Waals surface area contributed by atoms with Crippen molar-refractivity contribution in [3.8, 4) is 5.69 Å². The zero-order valence-electron chi connectivity index (χ0n) is 20.8. The van der Waals surface area contributed by atoms with E-state index in [2.05, 4.69) is 33.0 Å². The Hall–Kier alpha value is -3.78. The van der Waals surface area contributed by atoms with Crippen LogP contribution in [0.4, 0.5) is 10.5 Å². The van der Waals surface area contributed by atoms with Crippen molar-refractivity contribution >= 4 is 46.7 Å². The molecule has 4 aromatic carbocycles. The first-order valence-electron chi connectivity index (χ1n) is 12.3. The van der Waals surface area contributed by atoms with Crippen molar-refractivity contribution in [2.75, 3.05) is 5.32 Å². The summed E-state index contributed by atoms with van der Waals surface area (Å²) in [4.78, 5) is 13.1. The van der Waals surface area contributed by atoms with E-state index in [9.17, 15) is 4.79 Å². The predicted octanol–water partition coefficient (Wildman–Crippen LogP) is 7.97. The van der Waals surface area contributed by atoms with Gasteiger partial charge in [-0.25, -0.2) is 4.79 Å². The van der Waals surface area contributed by atoms with E-state index >= 15 is 0 Å². The Labute approximate surface area is 241 Å². The maximum absolute atomic E-state index is 13.1. The van der Waals surface area contributed by atoms with Gasteiger partial charge in [-0.1, -0.05) is 114 Å². The van der Waals surface area contributed by atoms with Crippen LogP contribution in [0.25, 0.3) is 5.69 Å². The van der Waals surface area contributed by atoms with Gasteiger partial charge in [0.05, 0.1) is 16.8 Å². The third-order valence-electron chi connectivity index (χ3n) is 5.95. The molecule has 0 fully saturated rings. The van der Waals surface area contributed by atoms with Crippen LogP contribution in [0.5, 0.6) is 0 Å². The average Bonchev–Trinajstić information content (AvgIpc) is 3.37. The van der Waals surface area contributed by atoms with E-state index in [4.69, 9.17) is 23.2 Å². The summed E-state index contributed by atoms with van der Waals surface area (Å²) in [6.07, 6.45) is 0.496. The summed E-state index contributed by atoms with van der Waals surface area (Å²) in [6, 6.07) is 33.8. The van der Waals surface area contributed by atoms with E-state index < -0.39 is 6.04 Å². The maximum atomic E-state index is 13.1. The van der Waals surface area contributed by atoms with Crippen LogP contribution in [-0.4, -0.2) is 20.8 Å². The lowest BCUT2D eigenvalue weighted by Crippen LogP contribution is -2.35. The summed E-state index contributed by atoms with van der Waals surface area (Å²) in [5.41, 5.74) is 3.56. The summed E-state index contributed by atoms with van der Waals surface area (Å²) in [7, 11) is 0. The molecule has 39 heavy (non-hydrogen) atoms. The smallest absolute Gasteiger partial charge is 0.319 e. The Morgan fingerprint density at radius 1 is 0.821 bits per heavy atom. The van der Waals surface area contributed by atoms with Crippen molar-refractivity contribution in [1.29, 1.82) is 0 Å². The van der Waals surface area contributed by atoms with Gasteiger partial charge < -0.3 is 10.6 Å². The number of carbonyl (C=O) groups excluding carboxylic acids is 1. The zero-order valence-corrected chi connectivity index (χ0v) is 23.1. The fourth-order valence-corrected chi connectivity index (χ4v) is 5.52. The van der Waals surface area contributed by atoms with Gasteiger partial charge in [0.15, 0.2) is 11.0 Å². The van der Waals surface area contributed by atoms with E-state index in [0.29, 0.717) is 44.6 Å². The minimum atomic E-state index is -0.513. The first-order valence-corrected chi connectivity index (χ1v) is 14.0. The molecular weight excluding hydrogens is 549 g/mol. The molecule has 6 nitrogen and oxygen atoms in total. The fourth-order valence-electron chi connectivity index (χ4n) is 4.12. The summed E-state index contributed by atoms with van der Waals surface area (Å²) in [5.74, 6) is 1.25. The fraction of sp³-hybridized carbons (Fsp3) is 0.100. The number of amides is 2. The highest BCUT2D eigenvalue weighted by molar-refractivity contribution is 7.98. The van der Waals surface area contributed by atoms with Crippen LogP contribution in [0.1, 0.15) is 23.0 Å². The molecule has 196 valence electrons. The highest BCUT2D eigenvalue weighted by Crippen LogP contribution is 2.33. The Morgan fingerprint density at radius 3 is 2.13 bits per heavy atom. The van der Waals surface area contributed by atoms with Gasteiger partial charge in [0.2, 0.25) is 0 Å². The van der Waals surface area contributed by atoms with Crippen molar-refractivity contribution in [1.82, 2.24) is 20.1 Å². The highest BCUT2D eigenvalue weighted by atomic mass is 35.5. The lowest BCUT2D eigenvalue weighted by atomic mass is 10.1. The Kier molecular flexibility index (Phi) is 8.83. The van der Waals surface area contributed by atoms with Crippen LogP contribution in [0.2, 0.25) is 10.0 Å². The monoisotopic (exact) mass is 573 g/mol. The number of carbonyl (C=O) groups is 1. The van der Waals surface area contributed by atoms with E-state index in [1.165, 1.54) is 0 Å². The standard InChI is InChI=1S/C30H25Cl2N5OS/c31-23-16-17-27(25(32)19-23)37-28(35-36-30(37)39-20-22-12-6-2-7-13-22)26(18-21-10-4-1-5-11-21)34-29(38)33-24-14-8-3-9-15-24/h1-17,19,26H,18,20H2,(H2,33,34,38). The van der Waals surface area contributed by atoms with Gasteiger partial charge in [-0.2, -0.15) is 0 Å². The third kappa shape index (κ3) is 7.00. The number of hydrogen-bond acceptors (Lipinski definition) is 4. The van der Waals surface area contributed by atoms with Crippen molar-refractivity contribution in [3.63, 3.8) is 0 Å². The molecule has 2 N–H and O–H groups in total. The maximum Gasteiger partial charge on any atom is 0.319 e. The van der Waals surface area contributed by atoms with Gasteiger partial charge in [-0.05, 0) is 41.5 Å². The van der Waals surface area contributed by atoms with Crippen LogP contribution in [0, 0.1) is 0 Å². The molecule has 0 spiro atoms. The second-order valence-electron chi connectivity index (χ2n) is 8.75. The van der Waals surface area contributed by atoms with Crippen molar-refractivity contribution in [2.24, 2.45) is 0 Å². The number of nitrogens with zero attached hydrogens (tertiary/aromatic N) is 3. The number of hydrogen-bond donors (Lipinski definition) is 2. The number of halogens is 2. The van der Waals surface area contributed by atoms with Crippen LogP contribution in [0.3, 0.4) is 0 Å². The van der Waals surface area contributed by atoms with Crippen LogP contribution < -0.4 is 10.6 Å². The number of urea groups is 1. The molecule has 1 aromatic heterocycles. The minimum absolute atomic E-state index is 0.350. The van der Waals surface area contributed by atoms with E-state index in [1.807, 2.05) is 89.5 Å². The van der Waals surface area contributed by atoms with Crippen LogP contribution in [-0.2, 0) is 12.2 Å². The zero-order chi connectivity index (χ0) is 27.0. The van der Waals surface area contributed by atoms with Crippen molar-refractivity contribution < 1.29 is 4.79 Å². The van der Waals surface area contributed by atoms with E-state index in [-0.39, 0.29) is 6.03 Å². The summed E-state index contributed by atoms with van der Waals surface area (Å²) >= 11 is 14.5. The Bertz CT molecular complexity index is 1530. The largest absolute Gasteiger partial charge is 0.327 e. The lowest BCUT2D eigenvalue weighted by molar-refractivity contribution is 0.247. The van der Waals surface area contributed by atoms with Crippen LogP contribution in [0.15, 0.2) is 114 Å². The molecule has 0 radical (unpaired) electrons. The second-order valence-corrected chi connectivity index (χ2v) is 10.5. The summed E-state index contributed by atoms with van der Waals surface area (Å²) in [5, 5.41) is 16.8. The first kappa shape index (κ1) is 26.8. The van der Waals surface area contributed by atoms with Gasteiger partial charge in [-0.3, -0.25) is 4.57 Å². The molecule has 2 amide bonds. The molecule has 0 aliphatic carbocycles. The topological polar surface area (TPSA) is 71.8 Å². The van der Waals surface area contributed by atoms with Crippen LogP contribution >= 0.6 is 35.0 Å². The van der Waals surface area contributed by atoms with Gasteiger partial charge in [0.25, 0.3) is 0 Å². The third-order valence-corrected chi connectivity index (χ3v) is 7.49. The SMILES string of the molecule is O=C(Nc1ccccc1)NC(Cc1ccccc1)c1nnc(SCc2ccccc2)n1-c1ccc(Cl)cc1Cl.